The standard InChI is InChI=1S/C24H30Cl2N2O3/c1-15(2)19-7-9-20(10-8-19)31-14-23(29)28(17(5)24(30)27-16(3)4)13-18-6-11-21(25)22(26)12-18/h6-12,15-17H,13-14H2,1-5H3,(H,27,30)/t17-/m1/s1. The first-order valence-corrected chi connectivity index (χ1v) is 11.1. The number of nitrogens with one attached hydrogen (secondary N) is 1. The zero-order chi connectivity index (χ0) is 23.1. The third-order valence-corrected chi connectivity index (χ3v) is 5.58. The summed E-state index contributed by atoms with van der Waals surface area (Å²) in [6.07, 6.45) is 0. The Bertz CT molecular complexity index is 898. The highest BCUT2D eigenvalue weighted by Gasteiger charge is 2.27. The molecule has 0 aromatic heterocycles. The minimum Gasteiger partial charge on any atom is -0.484 e. The summed E-state index contributed by atoms with van der Waals surface area (Å²) >= 11 is 12.1. The predicted molar refractivity (Wildman–Crippen MR) is 126 cm³/mol. The molecule has 0 aliphatic carbocycles. The quantitative estimate of drug-likeness (QED) is 0.537. The van der Waals surface area contributed by atoms with E-state index in [1.165, 1.54) is 10.5 Å². The molecule has 0 spiro atoms. The molecule has 5 nitrogen and oxygen atoms in total. The molecule has 2 aromatic carbocycles. The molecule has 1 N–H and O–H groups in total. The molecule has 2 rings (SSSR count). The minimum absolute atomic E-state index is 0.0346. The van der Waals surface area contributed by atoms with Crippen LogP contribution in [-0.2, 0) is 16.1 Å². The van der Waals surface area contributed by atoms with Gasteiger partial charge in [-0.1, -0.05) is 55.2 Å². The molecular weight excluding hydrogens is 435 g/mol. The molecule has 0 bridgehead atoms. The van der Waals surface area contributed by atoms with E-state index in [1.807, 2.05) is 38.1 Å². The fourth-order valence-corrected chi connectivity index (χ4v) is 3.32. The Labute approximate surface area is 194 Å². The first kappa shape index (κ1) is 25.0. The molecule has 0 unspecified atom stereocenters. The summed E-state index contributed by atoms with van der Waals surface area (Å²) in [6, 6.07) is 12.1. The molecule has 31 heavy (non-hydrogen) atoms. The van der Waals surface area contributed by atoms with E-state index in [4.69, 9.17) is 27.9 Å². The van der Waals surface area contributed by atoms with Crippen molar-refractivity contribution in [2.45, 2.75) is 59.2 Å². The van der Waals surface area contributed by atoms with Gasteiger partial charge in [0, 0.05) is 12.6 Å². The molecule has 2 aromatic rings. The second-order valence-corrected chi connectivity index (χ2v) is 8.94. The van der Waals surface area contributed by atoms with E-state index in [9.17, 15) is 9.59 Å². The number of hydrogen-bond acceptors (Lipinski definition) is 3. The van der Waals surface area contributed by atoms with Gasteiger partial charge in [0.25, 0.3) is 5.91 Å². The Morgan fingerprint density at radius 1 is 0.968 bits per heavy atom. The molecular formula is C24H30Cl2N2O3. The van der Waals surface area contributed by atoms with E-state index >= 15 is 0 Å². The van der Waals surface area contributed by atoms with Crippen molar-refractivity contribution in [1.29, 1.82) is 0 Å². The zero-order valence-corrected chi connectivity index (χ0v) is 20.1. The number of nitrogens with zero attached hydrogens (tertiary/aromatic N) is 1. The maximum Gasteiger partial charge on any atom is 0.261 e. The molecule has 0 aliphatic heterocycles. The van der Waals surface area contributed by atoms with Crippen LogP contribution in [0.1, 0.15) is 51.7 Å². The second-order valence-electron chi connectivity index (χ2n) is 8.12. The summed E-state index contributed by atoms with van der Waals surface area (Å²) in [5, 5.41) is 3.68. The van der Waals surface area contributed by atoms with Gasteiger partial charge < -0.3 is 15.0 Å². The first-order valence-electron chi connectivity index (χ1n) is 10.3. The highest BCUT2D eigenvalue weighted by atomic mass is 35.5. The van der Waals surface area contributed by atoms with Crippen molar-refractivity contribution in [3.8, 4) is 5.75 Å². The Morgan fingerprint density at radius 2 is 1.61 bits per heavy atom. The molecule has 0 aliphatic rings. The summed E-state index contributed by atoms with van der Waals surface area (Å²) in [5.74, 6) is 0.485. The predicted octanol–water partition coefficient (Wildman–Crippen LogP) is 5.44. The third kappa shape index (κ3) is 7.44. The van der Waals surface area contributed by atoms with Gasteiger partial charge in [-0.3, -0.25) is 9.59 Å². The average Bonchev–Trinajstić information content (AvgIpc) is 2.72. The molecule has 0 radical (unpaired) electrons. The summed E-state index contributed by atoms with van der Waals surface area (Å²) in [5.41, 5.74) is 1.96. The van der Waals surface area contributed by atoms with Crippen molar-refractivity contribution in [2.75, 3.05) is 6.61 Å². The zero-order valence-electron chi connectivity index (χ0n) is 18.6. The normalized spacial score (nSPS) is 12.0. The number of halogens is 2. The SMILES string of the molecule is CC(C)NC(=O)[C@@H](C)N(Cc1ccc(Cl)c(Cl)c1)C(=O)COc1ccc(C(C)C)cc1. The second kappa shape index (κ2) is 11.4. The highest BCUT2D eigenvalue weighted by Crippen LogP contribution is 2.24. The van der Waals surface area contributed by atoms with Gasteiger partial charge in [-0.2, -0.15) is 0 Å². The van der Waals surface area contributed by atoms with Crippen LogP contribution >= 0.6 is 23.2 Å². The molecule has 2 amide bonds. The Kier molecular flexibility index (Phi) is 9.20. The largest absolute Gasteiger partial charge is 0.484 e. The van der Waals surface area contributed by atoms with Gasteiger partial charge in [-0.25, -0.2) is 0 Å². The number of carbonyl (C=O) groups is 2. The molecule has 0 saturated carbocycles. The number of benzene rings is 2. The number of ether oxygens (including phenoxy) is 1. The van der Waals surface area contributed by atoms with Crippen molar-refractivity contribution in [3.05, 3.63) is 63.6 Å². The maximum absolute atomic E-state index is 13.0. The van der Waals surface area contributed by atoms with Gasteiger partial charge in [-0.15, -0.1) is 0 Å². The van der Waals surface area contributed by atoms with Gasteiger partial charge >= 0.3 is 0 Å². The van der Waals surface area contributed by atoms with Crippen LogP contribution in [0.2, 0.25) is 10.0 Å². The van der Waals surface area contributed by atoms with Crippen LogP contribution in [0.3, 0.4) is 0 Å². The lowest BCUT2D eigenvalue weighted by Crippen LogP contribution is -2.50. The van der Waals surface area contributed by atoms with Gasteiger partial charge in [0.1, 0.15) is 11.8 Å². The number of hydrogen-bond donors (Lipinski definition) is 1. The fraction of sp³-hybridized carbons (Fsp3) is 0.417. The molecule has 7 heteroatoms. The van der Waals surface area contributed by atoms with E-state index in [0.717, 1.165) is 5.56 Å². The van der Waals surface area contributed by atoms with Crippen LogP contribution in [0.25, 0.3) is 0 Å². The molecule has 0 saturated heterocycles. The first-order chi connectivity index (χ1) is 14.6. The molecule has 0 fully saturated rings. The summed E-state index contributed by atoms with van der Waals surface area (Å²) in [4.78, 5) is 27.1. The van der Waals surface area contributed by atoms with Crippen LogP contribution in [0.15, 0.2) is 42.5 Å². The smallest absolute Gasteiger partial charge is 0.261 e. The molecule has 0 heterocycles. The number of carbonyl (C=O) groups excluding carboxylic acids is 2. The number of rotatable bonds is 9. The van der Waals surface area contributed by atoms with Crippen molar-refractivity contribution in [3.63, 3.8) is 0 Å². The highest BCUT2D eigenvalue weighted by molar-refractivity contribution is 6.42. The summed E-state index contributed by atoms with van der Waals surface area (Å²) < 4.78 is 5.70. The molecule has 1 atom stereocenters. The average molecular weight is 465 g/mol. The van der Waals surface area contributed by atoms with Gasteiger partial charge in [0.05, 0.1) is 10.0 Å². The maximum atomic E-state index is 13.0. The topological polar surface area (TPSA) is 58.6 Å². The number of amides is 2. The van der Waals surface area contributed by atoms with E-state index in [2.05, 4.69) is 19.2 Å². The lowest BCUT2D eigenvalue weighted by atomic mass is 10.0. The van der Waals surface area contributed by atoms with Gasteiger partial charge in [0.2, 0.25) is 5.91 Å². The minimum atomic E-state index is -0.684. The van der Waals surface area contributed by atoms with Crippen LogP contribution in [-0.4, -0.2) is 35.4 Å². The van der Waals surface area contributed by atoms with E-state index in [1.54, 1.807) is 25.1 Å². The van der Waals surface area contributed by atoms with E-state index in [0.29, 0.717) is 21.7 Å². The Hall–Kier alpha value is -2.24. The summed E-state index contributed by atoms with van der Waals surface area (Å²) in [6.45, 7) is 9.71. The summed E-state index contributed by atoms with van der Waals surface area (Å²) in [7, 11) is 0. The van der Waals surface area contributed by atoms with Crippen LogP contribution < -0.4 is 10.1 Å². The van der Waals surface area contributed by atoms with Crippen LogP contribution in [0, 0.1) is 0 Å². The lowest BCUT2D eigenvalue weighted by molar-refractivity contribution is -0.142. The Morgan fingerprint density at radius 3 is 2.16 bits per heavy atom. The third-order valence-electron chi connectivity index (χ3n) is 4.84. The van der Waals surface area contributed by atoms with Crippen molar-refractivity contribution in [2.24, 2.45) is 0 Å². The van der Waals surface area contributed by atoms with Crippen molar-refractivity contribution in [1.82, 2.24) is 10.2 Å². The van der Waals surface area contributed by atoms with Gasteiger partial charge in [0.15, 0.2) is 6.61 Å². The Balaban J connectivity index is 2.16. The van der Waals surface area contributed by atoms with Crippen LogP contribution in [0.4, 0.5) is 0 Å². The monoisotopic (exact) mass is 464 g/mol. The van der Waals surface area contributed by atoms with Gasteiger partial charge in [-0.05, 0) is 62.1 Å². The van der Waals surface area contributed by atoms with E-state index in [-0.39, 0.29) is 31.0 Å². The fourth-order valence-electron chi connectivity index (χ4n) is 3.00. The van der Waals surface area contributed by atoms with Crippen molar-refractivity contribution >= 4 is 35.0 Å². The molecule has 168 valence electrons. The van der Waals surface area contributed by atoms with Crippen molar-refractivity contribution < 1.29 is 14.3 Å². The lowest BCUT2D eigenvalue weighted by Gasteiger charge is -2.29. The van der Waals surface area contributed by atoms with Crippen LogP contribution in [0.5, 0.6) is 5.75 Å². The van der Waals surface area contributed by atoms with E-state index < -0.39 is 6.04 Å².